The number of hydrogen-bond donors (Lipinski definition) is 0. The summed E-state index contributed by atoms with van der Waals surface area (Å²) in [6, 6.07) is 0. The van der Waals surface area contributed by atoms with Gasteiger partial charge in [0.25, 0.3) is 0 Å². The lowest BCUT2D eigenvalue weighted by Gasteiger charge is -2.13. The van der Waals surface area contributed by atoms with Crippen molar-refractivity contribution in [1.29, 1.82) is 0 Å². The maximum absolute atomic E-state index is 13.2. The van der Waals surface area contributed by atoms with Gasteiger partial charge >= 0.3 is 0 Å². The van der Waals surface area contributed by atoms with Gasteiger partial charge in [-0.15, -0.1) is 0 Å². The van der Waals surface area contributed by atoms with E-state index >= 15 is 0 Å². The van der Waals surface area contributed by atoms with Gasteiger partial charge < -0.3 is 4.55 Å². The van der Waals surface area contributed by atoms with Gasteiger partial charge in [0.05, 0.1) is 4.90 Å². The first-order valence-electron chi connectivity index (χ1n) is 3.60. The largest absolute Gasteiger partial charge is 0.768 e. The van der Waals surface area contributed by atoms with Crippen molar-refractivity contribution >= 4 is 11.1 Å². The average molecular weight is 223 g/mol. The van der Waals surface area contributed by atoms with Crippen molar-refractivity contribution in [3.05, 3.63) is 28.6 Å². The molecule has 0 aliphatic heterocycles. The minimum absolute atomic E-state index is 0.543. The molecule has 2 nitrogen and oxygen atoms in total. The van der Waals surface area contributed by atoms with Crippen molar-refractivity contribution in [2.24, 2.45) is 0 Å². The molecular weight excluding hydrogens is 217 g/mol. The van der Waals surface area contributed by atoms with Crippen molar-refractivity contribution in [1.82, 2.24) is 0 Å². The number of rotatable bonds is 1. The van der Waals surface area contributed by atoms with Gasteiger partial charge in [0.15, 0.2) is 11.6 Å². The zero-order chi connectivity index (χ0) is 11.0. The highest BCUT2D eigenvalue weighted by atomic mass is 32.2. The molecule has 14 heavy (non-hydrogen) atoms. The summed E-state index contributed by atoms with van der Waals surface area (Å²) >= 11 is -2.91. The van der Waals surface area contributed by atoms with Crippen molar-refractivity contribution in [3.63, 3.8) is 0 Å². The molecule has 0 fully saturated rings. The number of hydrogen-bond acceptors (Lipinski definition) is 2. The zero-order valence-electron chi connectivity index (χ0n) is 7.36. The van der Waals surface area contributed by atoms with E-state index in [0.29, 0.717) is 0 Å². The molecule has 1 aromatic carbocycles. The standard InChI is InChI=1S/C8H7F3O2S/c1-3-5(9)6(10)4(2)8(7(3)11)14(12)13/h1-2H3,(H,12,13)/p-1. The predicted octanol–water partition coefficient (Wildman–Crippen LogP) is 1.96. The van der Waals surface area contributed by atoms with Crippen LogP contribution < -0.4 is 0 Å². The Morgan fingerprint density at radius 2 is 1.43 bits per heavy atom. The molecule has 78 valence electrons. The van der Waals surface area contributed by atoms with E-state index in [1.165, 1.54) is 0 Å². The van der Waals surface area contributed by atoms with Gasteiger partial charge in [0.2, 0.25) is 0 Å². The highest BCUT2D eigenvalue weighted by Crippen LogP contribution is 2.25. The van der Waals surface area contributed by atoms with Crippen LogP contribution in [-0.4, -0.2) is 8.76 Å². The predicted molar refractivity (Wildman–Crippen MR) is 43.0 cm³/mol. The van der Waals surface area contributed by atoms with Crippen LogP contribution in [0.5, 0.6) is 0 Å². The van der Waals surface area contributed by atoms with E-state index in [2.05, 4.69) is 0 Å². The minimum Gasteiger partial charge on any atom is -0.768 e. The highest BCUT2D eigenvalue weighted by Gasteiger charge is 2.20. The van der Waals surface area contributed by atoms with Crippen LogP contribution >= 0.6 is 0 Å². The minimum atomic E-state index is -2.91. The van der Waals surface area contributed by atoms with E-state index in [1.807, 2.05) is 0 Å². The van der Waals surface area contributed by atoms with E-state index in [1.54, 1.807) is 0 Å². The maximum atomic E-state index is 13.2. The molecule has 0 saturated heterocycles. The van der Waals surface area contributed by atoms with Gasteiger partial charge in [-0.2, -0.15) is 0 Å². The fourth-order valence-electron chi connectivity index (χ4n) is 1.06. The summed E-state index contributed by atoms with van der Waals surface area (Å²) < 4.78 is 60.1. The van der Waals surface area contributed by atoms with Crippen LogP contribution in [0.25, 0.3) is 0 Å². The van der Waals surface area contributed by atoms with Gasteiger partial charge in [0, 0.05) is 11.1 Å². The Kier molecular flexibility index (Phi) is 2.96. The molecule has 0 bridgehead atoms. The number of halogens is 3. The Morgan fingerprint density at radius 1 is 1.00 bits per heavy atom. The number of benzene rings is 1. The first kappa shape index (κ1) is 11.2. The Labute approximate surface area is 81.0 Å². The summed E-state index contributed by atoms with van der Waals surface area (Å²) in [4.78, 5) is -0.818. The Bertz CT molecular complexity index is 389. The fourth-order valence-corrected chi connectivity index (χ4v) is 1.70. The van der Waals surface area contributed by atoms with E-state index < -0.39 is 44.6 Å². The molecule has 0 radical (unpaired) electrons. The molecule has 0 spiro atoms. The Balaban J connectivity index is 3.68. The van der Waals surface area contributed by atoms with Gasteiger partial charge in [0.1, 0.15) is 5.82 Å². The summed E-state index contributed by atoms with van der Waals surface area (Å²) in [6.07, 6.45) is 0. The van der Waals surface area contributed by atoms with E-state index in [9.17, 15) is 21.9 Å². The topological polar surface area (TPSA) is 40.1 Å². The van der Waals surface area contributed by atoms with Crippen LogP contribution in [0.3, 0.4) is 0 Å². The molecule has 0 aromatic heterocycles. The molecule has 0 N–H and O–H groups in total. The molecule has 0 aliphatic rings. The second-order valence-electron chi connectivity index (χ2n) is 2.76. The zero-order valence-corrected chi connectivity index (χ0v) is 8.18. The van der Waals surface area contributed by atoms with Crippen LogP contribution in [-0.2, 0) is 11.1 Å². The summed E-state index contributed by atoms with van der Waals surface area (Å²) in [6.45, 7) is 1.98. The molecule has 1 atom stereocenters. The van der Waals surface area contributed by atoms with Crippen LogP contribution in [0.15, 0.2) is 4.90 Å². The van der Waals surface area contributed by atoms with Gasteiger partial charge in [-0.1, -0.05) is 0 Å². The molecule has 0 heterocycles. The SMILES string of the molecule is Cc1c(F)c(F)c(C)c(S(=O)[O-])c1F. The molecule has 0 amide bonds. The molecule has 6 heteroatoms. The first-order valence-corrected chi connectivity index (χ1v) is 4.68. The summed E-state index contributed by atoms with van der Waals surface area (Å²) in [5.41, 5.74) is -1.17. The fraction of sp³-hybridized carbons (Fsp3) is 0.250. The highest BCUT2D eigenvalue weighted by molar-refractivity contribution is 7.79. The Hall–Kier alpha value is -0.880. The summed E-state index contributed by atoms with van der Waals surface area (Å²) in [7, 11) is 0. The smallest absolute Gasteiger partial charge is 0.165 e. The summed E-state index contributed by atoms with van der Waals surface area (Å²) in [5, 5.41) is 0. The lowest BCUT2D eigenvalue weighted by molar-refractivity contribution is 0.461. The molecule has 0 aliphatic carbocycles. The van der Waals surface area contributed by atoms with Crippen LogP contribution in [0.1, 0.15) is 11.1 Å². The van der Waals surface area contributed by atoms with Crippen LogP contribution in [0.4, 0.5) is 13.2 Å². The third kappa shape index (κ3) is 1.55. The van der Waals surface area contributed by atoms with E-state index in [4.69, 9.17) is 0 Å². The van der Waals surface area contributed by atoms with Gasteiger partial charge in [-0.3, -0.25) is 4.21 Å². The first-order chi connectivity index (χ1) is 6.37. The third-order valence-electron chi connectivity index (χ3n) is 1.89. The lowest BCUT2D eigenvalue weighted by atomic mass is 10.1. The quantitative estimate of drug-likeness (QED) is 0.539. The van der Waals surface area contributed by atoms with Crippen molar-refractivity contribution in [2.75, 3.05) is 0 Å². The molecule has 1 aromatic rings. The van der Waals surface area contributed by atoms with Crippen LogP contribution in [0.2, 0.25) is 0 Å². The lowest BCUT2D eigenvalue weighted by Crippen LogP contribution is -2.06. The average Bonchev–Trinajstić information content (AvgIpc) is 2.11. The third-order valence-corrected chi connectivity index (χ3v) is 2.71. The maximum Gasteiger partial charge on any atom is 0.165 e. The van der Waals surface area contributed by atoms with E-state index in [-0.39, 0.29) is 0 Å². The Morgan fingerprint density at radius 3 is 1.86 bits per heavy atom. The van der Waals surface area contributed by atoms with Crippen molar-refractivity contribution < 1.29 is 21.9 Å². The normalized spacial score (nSPS) is 13.0. The van der Waals surface area contributed by atoms with Gasteiger partial charge in [-0.05, 0) is 24.9 Å². The van der Waals surface area contributed by atoms with Crippen molar-refractivity contribution in [3.8, 4) is 0 Å². The van der Waals surface area contributed by atoms with E-state index in [0.717, 1.165) is 13.8 Å². The summed E-state index contributed by atoms with van der Waals surface area (Å²) in [5.74, 6) is -3.92. The molecule has 1 unspecified atom stereocenters. The second kappa shape index (κ2) is 3.70. The molecule has 0 saturated carbocycles. The van der Waals surface area contributed by atoms with Gasteiger partial charge in [-0.25, -0.2) is 13.2 Å². The monoisotopic (exact) mass is 223 g/mol. The van der Waals surface area contributed by atoms with Crippen LogP contribution in [0, 0.1) is 31.3 Å². The van der Waals surface area contributed by atoms with Crippen molar-refractivity contribution in [2.45, 2.75) is 18.7 Å². The second-order valence-corrected chi connectivity index (χ2v) is 3.63. The molecular formula is C8H6F3O2S-. The molecule has 1 rings (SSSR count).